The van der Waals surface area contributed by atoms with Crippen molar-refractivity contribution in [1.29, 1.82) is 0 Å². The molecule has 83 heavy (non-hydrogen) atoms. The molecule has 0 saturated heterocycles. The van der Waals surface area contributed by atoms with E-state index in [1.165, 1.54) is 193 Å². The van der Waals surface area contributed by atoms with Crippen LogP contribution in [0.25, 0.3) is 0 Å². The Morgan fingerprint density at radius 2 is 0.470 bits per heavy atom. The van der Waals surface area contributed by atoms with E-state index in [0.29, 0.717) is 19.3 Å². The van der Waals surface area contributed by atoms with Crippen LogP contribution in [0.2, 0.25) is 0 Å². The zero-order valence-electron chi connectivity index (χ0n) is 54.9. The molecule has 0 spiro atoms. The third-order valence-corrected chi connectivity index (χ3v) is 15.6. The van der Waals surface area contributed by atoms with Gasteiger partial charge in [0, 0.05) is 19.3 Å². The highest BCUT2D eigenvalue weighted by atomic mass is 16.6. The second-order valence-electron chi connectivity index (χ2n) is 23.8. The van der Waals surface area contributed by atoms with Crippen molar-refractivity contribution in [3.05, 3.63) is 97.2 Å². The van der Waals surface area contributed by atoms with Crippen LogP contribution in [0.1, 0.15) is 355 Å². The molecule has 0 aromatic rings. The van der Waals surface area contributed by atoms with Crippen LogP contribution < -0.4 is 0 Å². The second-order valence-corrected chi connectivity index (χ2v) is 23.8. The monoisotopic (exact) mass is 1160 g/mol. The molecule has 0 fully saturated rings. The minimum Gasteiger partial charge on any atom is -0.462 e. The average molecular weight is 1160 g/mol. The molecule has 0 aliphatic carbocycles. The van der Waals surface area contributed by atoms with Gasteiger partial charge in [-0.3, -0.25) is 14.4 Å². The van der Waals surface area contributed by atoms with Gasteiger partial charge in [-0.1, -0.05) is 330 Å². The molecule has 0 aromatic heterocycles. The number of hydrogen-bond acceptors (Lipinski definition) is 6. The first-order valence-corrected chi connectivity index (χ1v) is 35.7. The molecular weight excluding hydrogens is 1020 g/mol. The van der Waals surface area contributed by atoms with Gasteiger partial charge in [-0.25, -0.2) is 0 Å². The van der Waals surface area contributed by atoms with Crippen molar-refractivity contribution in [2.24, 2.45) is 0 Å². The molecule has 0 radical (unpaired) electrons. The zero-order valence-corrected chi connectivity index (χ0v) is 54.9. The van der Waals surface area contributed by atoms with Gasteiger partial charge in [-0.2, -0.15) is 0 Å². The molecule has 0 heterocycles. The molecule has 0 rings (SSSR count). The summed E-state index contributed by atoms with van der Waals surface area (Å²) in [5.41, 5.74) is 0. The number of rotatable bonds is 65. The van der Waals surface area contributed by atoms with E-state index in [1.54, 1.807) is 0 Å². The number of hydrogen-bond donors (Lipinski definition) is 0. The van der Waals surface area contributed by atoms with E-state index < -0.39 is 6.10 Å². The number of esters is 3. The minimum atomic E-state index is -0.784. The molecule has 478 valence electrons. The smallest absolute Gasteiger partial charge is 0.306 e. The Morgan fingerprint density at radius 3 is 0.747 bits per heavy atom. The maximum atomic E-state index is 12.9. The molecule has 0 aromatic carbocycles. The molecule has 1 unspecified atom stereocenters. The minimum absolute atomic E-state index is 0.0781. The lowest BCUT2D eigenvalue weighted by Gasteiger charge is -2.18. The van der Waals surface area contributed by atoms with E-state index in [4.69, 9.17) is 14.2 Å². The SMILES string of the molecule is CC/C=C\C/C=C\C/C=C\C/C=C\C/C=C\C/C=C\CCCCCCCCCCCCCCCCC(=O)OCC(COC(=O)CCCCCCCCCCCCCCCCCC)OC(=O)CCCCCCC/C=C\C/C=C\CCCCCC. The van der Waals surface area contributed by atoms with Gasteiger partial charge in [0.05, 0.1) is 0 Å². The fourth-order valence-electron chi connectivity index (χ4n) is 10.2. The Hall–Kier alpha value is -3.67. The number of unbranched alkanes of at least 4 members (excludes halogenated alkanes) is 38. The normalized spacial score (nSPS) is 12.7. The van der Waals surface area contributed by atoms with Gasteiger partial charge in [-0.15, -0.1) is 0 Å². The average Bonchev–Trinajstić information content (AvgIpc) is 3.49. The molecule has 1 atom stereocenters. The summed E-state index contributed by atoms with van der Waals surface area (Å²) in [5, 5.41) is 0. The molecule has 0 N–H and O–H groups in total. The molecule has 0 aliphatic rings. The van der Waals surface area contributed by atoms with E-state index in [0.717, 1.165) is 122 Å². The Kier molecular flexibility index (Phi) is 67.7. The van der Waals surface area contributed by atoms with Crippen LogP contribution in [0.4, 0.5) is 0 Å². The van der Waals surface area contributed by atoms with Crippen LogP contribution in [-0.4, -0.2) is 37.2 Å². The van der Waals surface area contributed by atoms with E-state index in [9.17, 15) is 14.4 Å². The van der Waals surface area contributed by atoms with E-state index in [2.05, 4.69) is 118 Å². The third-order valence-electron chi connectivity index (χ3n) is 15.6. The maximum Gasteiger partial charge on any atom is 0.306 e. The van der Waals surface area contributed by atoms with E-state index >= 15 is 0 Å². The fourth-order valence-corrected chi connectivity index (χ4v) is 10.2. The van der Waals surface area contributed by atoms with Crippen molar-refractivity contribution >= 4 is 17.9 Å². The lowest BCUT2D eigenvalue weighted by Crippen LogP contribution is -2.30. The highest BCUT2D eigenvalue weighted by Crippen LogP contribution is 2.17. The van der Waals surface area contributed by atoms with Gasteiger partial charge in [0.1, 0.15) is 13.2 Å². The van der Waals surface area contributed by atoms with Gasteiger partial charge >= 0.3 is 17.9 Å². The third kappa shape index (κ3) is 69.0. The van der Waals surface area contributed by atoms with Gasteiger partial charge in [0.25, 0.3) is 0 Å². The molecular formula is C77H134O6. The van der Waals surface area contributed by atoms with Crippen LogP contribution in [-0.2, 0) is 28.6 Å². The Balaban J connectivity index is 4.23. The summed E-state index contributed by atoms with van der Waals surface area (Å²) in [5.74, 6) is -0.874. The number of ether oxygens (including phenoxy) is 3. The summed E-state index contributed by atoms with van der Waals surface area (Å²) >= 11 is 0. The van der Waals surface area contributed by atoms with Gasteiger partial charge in [0.2, 0.25) is 0 Å². The molecule has 0 saturated carbocycles. The van der Waals surface area contributed by atoms with Crippen molar-refractivity contribution in [2.75, 3.05) is 13.2 Å². The van der Waals surface area contributed by atoms with E-state index in [-0.39, 0.29) is 31.1 Å². The topological polar surface area (TPSA) is 78.9 Å². The van der Waals surface area contributed by atoms with Crippen molar-refractivity contribution in [3.8, 4) is 0 Å². The fraction of sp³-hybridized carbons (Fsp3) is 0.753. The molecule has 0 bridgehead atoms. The Bertz CT molecular complexity index is 1610. The van der Waals surface area contributed by atoms with Crippen LogP contribution in [0.5, 0.6) is 0 Å². The Labute approximate surface area is 515 Å². The molecule has 0 amide bonds. The van der Waals surface area contributed by atoms with Crippen LogP contribution in [0, 0.1) is 0 Å². The van der Waals surface area contributed by atoms with Crippen LogP contribution in [0.15, 0.2) is 97.2 Å². The zero-order chi connectivity index (χ0) is 59.9. The predicted molar refractivity (Wildman–Crippen MR) is 362 cm³/mol. The van der Waals surface area contributed by atoms with Gasteiger partial charge in [-0.05, 0) is 103 Å². The maximum absolute atomic E-state index is 12.9. The summed E-state index contributed by atoms with van der Waals surface area (Å²) in [4.78, 5) is 38.4. The number of carbonyl (C=O) groups excluding carboxylic acids is 3. The first-order valence-electron chi connectivity index (χ1n) is 35.7. The van der Waals surface area contributed by atoms with E-state index in [1.807, 2.05) is 0 Å². The summed E-state index contributed by atoms with van der Waals surface area (Å²) in [6.45, 7) is 6.54. The van der Waals surface area contributed by atoms with Crippen LogP contribution in [0.3, 0.4) is 0 Å². The summed E-state index contributed by atoms with van der Waals surface area (Å²) < 4.78 is 17.0. The van der Waals surface area contributed by atoms with Crippen molar-refractivity contribution in [3.63, 3.8) is 0 Å². The predicted octanol–water partition coefficient (Wildman–Crippen LogP) is 24.8. The van der Waals surface area contributed by atoms with Gasteiger partial charge in [0.15, 0.2) is 6.10 Å². The highest BCUT2D eigenvalue weighted by Gasteiger charge is 2.19. The Morgan fingerprint density at radius 1 is 0.253 bits per heavy atom. The summed E-state index contributed by atoms with van der Waals surface area (Å²) in [7, 11) is 0. The van der Waals surface area contributed by atoms with Crippen molar-refractivity contribution in [1.82, 2.24) is 0 Å². The molecule has 0 aliphatic heterocycles. The van der Waals surface area contributed by atoms with Gasteiger partial charge < -0.3 is 14.2 Å². The molecule has 6 nitrogen and oxygen atoms in total. The first kappa shape index (κ1) is 79.3. The second kappa shape index (κ2) is 70.8. The first-order chi connectivity index (χ1) is 41.0. The molecule has 6 heteroatoms. The number of allylic oxidation sites excluding steroid dienone is 16. The summed E-state index contributed by atoms with van der Waals surface area (Å²) in [6.07, 6.45) is 95.8. The lowest BCUT2D eigenvalue weighted by atomic mass is 10.0. The van der Waals surface area contributed by atoms with Crippen molar-refractivity contribution < 1.29 is 28.6 Å². The largest absolute Gasteiger partial charge is 0.462 e. The van der Waals surface area contributed by atoms with Crippen LogP contribution >= 0.6 is 0 Å². The lowest BCUT2D eigenvalue weighted by molar-refractivity contribution is -0.167. The summed E-state index contributed by atoms with van der Waals surface area (Å²) in [6, 6.07) is 0. The quantitative estimate of drug-likeness (QED) is 0.0261. The standard InChI is InChI=1S/C77H134O6/c1-4-7-10-13-16-19-22-25-28-31-32-33-34-35-36-37-38-39-40-41-42-43-44-45-46-47-50-52-55-58-61-64-67-70-76(79)82-73-74(83-77(80)71-68-65-62-59-56-53-49-30-27-24-21-18-15-12-9-6-3)72-81-75(78)69-66-63-60-57-54-51-48-29-26-23-20-17-14-11-8-5-2/h7,10,16,19,21,24-25,28,30,32-33,35-36,38-39,49,74H,4-6,8-9,11-15,17-18,20,22-23,26-27,29,31,34,37,40-48,50-73H2,1-3H3/b10-7-,19-16-,24-21-,28-25-,33-32-,36-35-,39-38-,49-30-. The number of carbonyl (C=O) groups is 3. The van der Waals surface area contributed by atoms with Crippen molar-refractivity contribution in [2.45, 2.75) is 361 Å². The highest BCUT2D eigenvalue weighted by molar-refractivity contribution is 5.71.